The Morgan fingerprint density at radius 1 is 1.29 bits per heavy atom. The zero-order valence-electron chi connectivity index (χ0n) is 17.0. The molecule has 2 unspecified atom stereocenters. The van der Waals surface area contributed by atoms with E-state index in [4.69, 9.17) is 20.8 Å². The van der Waals surface area contributed by atoms with Gasteiger partial charge in [-0.1, -0.05) is 0 Å². The maximum absolute atomic E-state index is 11.6. The number of nitrogens with two attached hydrogens (primary N) is 1. The maximum atomic E-state index is 11.6. The fraction of sp³-hybridized carbons (Fsp3) is 0.364. The largest absolute Gasteiger partial charge is 0.492 e. The molecule has 1 aliphatic rings. The zero-order valence-corrected chi connectivity index (χ0v) is 17.8. The summed E-state index contributed by atoms with van der Waals surface area (Å²) in [5, 5.41) is 18.1. The van der Waals surface area contributed by atoms with Crippen LogP contribution in [0.25, 0.3) is 0 Å². The lowest BCUT2D eigenvalue weighted by Gasteiger charge is -2.38. The van der Waals surface area contributed by atoms with Gasteiger partial charge in [-0.2, -0.15) is 5.26 Å². The molecule has 1 heterocycles. The molecule has 1 fully saturated rings. The van der Waals surface area contributed by atoms with Gasteiger partial charge in [0.25, 0.3) is 0 Å². The van der Waals surface area contributed by atoms with Crippen LogP contribution in [0.3, 0.4) is 0 Å². The van der Waals surface area contributed by atoms with Crippen LogP contribution in [0.5, 0.6) is 5.75 Å². The smallest absolute Gasteiger partial charge is 0.335 e. The molecule has 3 rings (SSSR count). The summed E-state index contributed by atoms with van der Waals surface area (Å²) in [6.45, 7) is 1.23. The molecule has 0 radical (unpaired) electrons. The highest BCUT2D eigenvalue weighted by atomic mass is 32.2. The zero-order chi connectivity index (χ0) is 22.4. The van der Waals surface area contributed by atoms with Crippen LogP contribution in [0.4, 0.5) is 11.4 Å². The molecule has 8 nitrogen and oxygen atoms in total. The van der Waals surface area contributed by atoms with Crippen molar-refractivity contribution in [1.82, 2.24) is 0 Å². The molecular formula is C22H25N3O5S. The molecule has 0 aliphatic carbocycles. The number of nitrogen functional groups attached to an aromatic ring is 1. The molecule has 0 spiro atoms. The number of anilines is 2. The number of hydrogen-bond acceptors (Lipinski definition) is 6. The number of piperidine rings is 1. The number of carbonyl (C=O) groups is 1. The van der Waals surface area contributed by atoms with Crippen LogP contribution in [-0.2, 0) is 11.1 Å². The van der Waals surface area contributed by atoms with Crippen LogP contribution in [-0.4, -0.2) is 39.0 Å². The van der Waals surface area contributed by atoms with Gasteiger partial charge in [-0.15, -0.1) is 0 Å². The Kier molecular flexibility index (Phi) is 7.50. The van der Waals surface area contributed by atoms with E-state index < -0.39 is 17.0 Å². The highest BCUT2D eigenvalue weighted by molar-refractivity contribution is 7.79. The minimum Gasteiger partial charge on any atom is -0.492 e. The predicted molar refractivity (Wildman–Crippen MR) is 118 cm³/mol. The van der Waals surface area contributed by atoms with Gasteiger partial charge in [0.1, 0.15) is 10.6 Å². The normalized spacial score (nSPS) is 17.0. The highest BCUT2D eigenvalue weighted by Crippen LogP contribution is 2.32. The second-order valence-corrected chi connectivity index (χ2v) is 8.37. The summed E-state index contributed by atoms with van der Waals surface area (Å²) in [5.74, 6) is -0.958. The van der Waals surface area contributed by atoms with Gasteiger partial charge in [-0.3, -0.25) is 0 Å². The Balaban J connectivity index is 1.62. The van der Waals surface area contributed by atoms with E-state index in [0.717, 1.165) is 50.4 Å². The van der Waals surface area contributed by atoms with Crippen molar-refractivity contribution >= 4 is 28.4 Å². The molecule has 2 atom stereocenters. The van der Waals surface area contributed by atoms with Crippen LogP contribution >= 0.6 is 0 Å². The number of rotatable bonds is 8. The molecule has 0 amide bonds. The molecule has 0 bridgehead atoms. The van der Waals surface area contributed by atoms with Crippen LogP contribution in [0.1, 0.15) is 48.0 Å². The van der Waals surface area contributed by atoms with Crippen molar-refractivity contribution in [2.24, 2.45) is 0 Å². The molecule has 2 aromatic carbocycles. The first-order chi connectivity index (χ1) is 14.9. The summed E-state index contributed by atoms with van der Waals surface area (Å²) < 4.78 is 26.7. The van der Waals surface area contributed by atoms with Crippen LogP contribution in [0.2, 0.25) is 0 Å². The average molecular weight is 444 g/mol. The molecule has 2 aromatic rings. The molecule has 9 heteroatoms. The first-order valence-electron chi connectivity index (χ1n) is 10.1. The van der Waals surface area contributed by atoms with E-state index in [2.05, 4.69) is 11.0 Å². The van der Waals surface area contributed by atoms with Crippen molar-refractivity contribution in [3.05, 3.63) is 47.5 Å². The van der Waals surface area contributed by atoms with Crippen molar-refractivity contribution in [3.63, 3.8) is 0 Å². The van der Waals surface area contributed by atoms with Crippen molar-refractivity contribution in [2.45, 2.75) is 43.0 Å². The number of ether oxygens (including phenoxy) is 1. The topological polar surface area (TPSA) is 137 Å². The predicted octanol–water partition coefficient (Wildman–Crippen LogP) is 3.64. The number of carboxylic acids is 1. The number of aromatic carboxylic acids is 1. The summed E-state index contributed by atoms with van der Waals surface area (Å²) in [5.41, 5.74) is 8.19. The highest BCUT2D eigenvalue weighted by Gasteiger charge is 2.24. The molecule has 1 aliphatic heterocycles. The van der Waals surface area contributed by atoms with E-state index in [9.17, 15) is 13.6 Å². The van der Waals surface area contributed by atoms with E-state index in [-0.39, 0.29) is 22.3 Å². The Morgan fingerprint density at radius 2 is 2.10 bits per heavy atom. The minimum atomic E-state index is -2.35. The molecule has 164 valence electrons. The van der Waals surface area contributed by atoms with Crippen molar-refractivity contribution in [2.75, 3.05) is 23.8 Å². The second-order valence-electron chi connectivity index (χ2n) is 7.43. The number of benzene rings is 2. The number of hydrogen-bond donors (Lipinski definition) is 3. The Hall–Kier alpha value is -3.09. The summed E-state index contributed by atoms with van der Waals surface area (Å²) in [6.07, 6.45) is 4.80. The van der Waals surface area contributed by atoms with Gasteiger partial charge in [0.15, 0.2) is 11.1 Å². The van der Waals surface area contributed by atoms with E-state index in [1.165, 1.54) is 12.1 Å². The molecular weight excluding hydrogens is 418 g/mol. The molecule has 31 heavy (non-hydrogen) atoms. The van der Waals surface area contributed by atoms with Crippen LogP contribution < -0.4 is 15.4 Å². The maximum Gasteiger partial charge on any atom is 0.335 e. The fourth-order valence-corrected chi connectivity index (χ4v) is 4.43. The number of nitriles is 1. The van der Waals surface area contributed by atoms with Crippen molar-refractivity contribution < 1.29 is 23.4 Å². The SMILES string of the molecule is N#Cc1ccc(N2CCCCC2CCCOc2ccc(C(=O)O)cc2S(=O)O)c(N)c1. The Labute approximate surface area is 183 Å². The van der Waals surface area contributed by atoms with Crippen molar-refractivity contribution in [3.8, 4) is 11.8 Å². The van der Waals surface area contributed by atoms with Gasteiger partial charge in [-0.05, 0) is 68.5 Å². The second kappa shape index (κ2) is 10.3. The van der Waals surface area contributed by atoms with Gasteiger partial charge < -0.3 is 25.0 Å². The van der Waals surface area contributed by atoms with Gasteiger partial charge in [0.05, 0.1) is 35.2 Å². The monoisotopic (exact) mass is 443 g/mol. The lowest BCUT2D eigenvalue weighted by atomic mass is 9.96. The van der Waals surface area contributed by atoms with E-state index in [0.29, 0.717) is 17.9 Å². The average Bonchev–Trinajstić information content (AvgIpc) is 2.76. The van der Waals surface area contributed by atoms with Crippen molar-refractivity contribution in [1.29, 1.82) is 5.26 Å². The standard InChI is InChI=1S/C22H25N3O5S/c23-14-15-6-8-19(18(24)12-15)25-10-2-1-4-17(25)5-3-11-30-20-9-7-16(22(26)27)13-21(20)31(28)29/h6-9,12-13,17H,1-5,10-11,24H2,(H,26,27)(H,28,29). The molecule has 4 N–H and O–H groups in total. The quantitative estimate of drug-likeness (QED) is 0.319. The van der Waals surface area contributed by atoms with Gasteiger partial charge in [-0.25, -0.2) is 9.00 Å². The van der Waals surface area contributed by atoms with Crippen LogP contribution in [0, 0.1) is 11.3 Å². The summed E-state index contributed by atoms with van der Waals surface area (Å²) in [7, 11) is 0. The first-order valence-corrected chi connectivity index (χ1v) is 11.2. The lowest BCUT2D eigenvalue weighted by Crippen LogP contribution is -2.40. The third kappa shape index (κ3) is 5.54. The molecule has 0 saturated carbocycles. The minimum absolute atomic E-state index is 0.0513. The van der Waals surface area contributed by atoms with Gasteiger partial charge in [0, 0.05) is 12.6 Å². The first kappa shape index (κ1) is 22.6. The molecule has 1 saturated heterocycles. The van der Waals surface area contributed by atoms with E-state index in [1.54, 1.807) is 12.1 Å². The van der Waals surface area contributed by atoms with E-state index in [1.807, 2.05) is 6.07 Å². The Bertz CT molecular complexity index is 1020. The Morgan fingerprint density at radius 3 is 2.77 bits per heavy atom. The van der Waals surface area contributed by atoms with Gasteiger partial charge in [0.2, 0.25) is 0 Å². The summed E-state index contributed by atoms with van der Waals surface area (Å²) >= 11 is -2.35. The van der Waals surface area contributed by atoms with E-state index >= 15 is 0 Å². The fourth-order valence-electron chi connectivity index (χ4n) is 3.90. The van der Waals surface area contributed by atoms with Gasteiger partial charge >= 0.3 is 5.97 Å². The third-order valence-corrected chi connectivity index (χ3v) is 6.11. The summed E-state index contributed by atoms with van der Waals surface area (Å²) in [4.78, 5) is 13.3. The van der Waals surface area contributed by atoms with Crippen LogP contribution in [0.15, 0.2) is 41.3 Å². The number of carboxylic acid groups (broad SMARTS) is 1. The summed E-state index contributed by atoms with van der Waals surface area (Å²) in [6, 6.07) is 11.7. The third-order valence-electron chi connectivity index (χ3n) is 5.41. The lowest BCUT2D eigenvalue weighted by molar-refractivity contribution is 0.0696. The molecule has 0 aromatic heterocycles. The number of nitrogens with zero attached hydrogens (tertiary/aromatic N) is 2.